The van der Waals surface area contributed by atoms with Gasteiger partial charge in [0.15, 0.2) is 11.5 Å². The first-order valence-corrected chi connectivity index (χ1v) is 7.04. The Labute approximate surface area is 128 Å². The summed E-state index contributed by atoms with van der Waals surface area (Å²) in [6, 6.07) is 3.85. The lowest BCUT2D eigenvalue weighted by molar-refractivity contribution is 0.291. The highest BCUT2D eigenvalue weighted by molar-refractivity contribution is 5.53. The van der Waals surface area contributed by atoms with Gasteiger partial charge in [0.2, 0.25) is 5.75 Å². The van der Waals surface area contributed by atoms with E-state index in [0.717, 1.165) is 11.1 Å². The van der Waals surface area contributed by atoms with Gasteiger partial charge in [-0.15, -0.1) is 0 Å². The highest BCUT2D eigenvalue weighted by Gasteiger charge is 2.14. The van der Waals surface area contributed by atoms with Gasteiger partial charge in [0.05, 0.1) is 14.2 Å². The van der Waals surface area contributed by atoms with Gasteiger partial charge in [-0.3, -0.25) is 0 Å². The van der Waals surface area contributed by atoms with Crippen LogP contribution >= 0.6 is 0 Å². The molecule has 0 saturated heterocycles. The Balaban J connectivity index is 2.72. The molecule has 21 heavy (non-hydrogen) atoms. The second-order valence-electron chi connectivity index (χ2n) is 6.14. The van der Waals surface area contributed by atoms with Crippen LogP contribution in [0.3, 0.4) is 0 Å². The first kappa shape index (κ1) is 17.4. The zero-order chi connectivity index (χ0) is 16.0. The largest absolute Gasteiger partial charge is 0.493 e. The number of hydrogen-bond donors (Lipinski definition) is 1. The van der Waals surface area contributed by atoms with Crippen molar-refractivity contribution in [2.45, 2.75) is 33.2 Å². The number of benzene rings is 1. The van der Waals surface area contributed by atoms with E-state index in [1.54, 1.807) is 14.2 Å². The predicted molar refractivity (Wildman–Crippen MR) is 86.7 cm³/mol. The SMILES string of the molecule is C=C(CNC(C)(C)C)COc1c(OC)cc(C)cc1OC. The molecule has 0 saturated carbocycles. The van der Waals surface area contributed by atoms with Gasteiger partial charge in [-0.25, -0.2) is 0 Å². The van der Waals surface area contributed by atoms with Crippen molar-refractivity contribution >= 4 is 0 Å². The van der Waals surface area contributed by atoms with Crippen molar-refractivity contribution in [3.05, 3.63) is 29.8 Å². The summed E-state index contributed by atoms with van der Waals surface area (Å²) in [5.74, 6) is 1.95. The number of methoxy groups -OCH3 is 2. The molecule has 1 N–H and O–H groups in total. The molecule has 0 unspecified atom stereocenters. The lowest BCUT2D eigenvalue weighted by atomic mass is 10.1. The lowest BCUT2D eigenvalue weighted by Gasteiger charge is -2.22. The minimum absolute atomic E-state index is 0.0577. The van der Waals surface area contributed by atoms with Gasteiger partial charge < -0.3 is 19.5 Å². The Morgan fingerprint density at radius 3 is 2.10 bits per heavy atom. The zero-order valence-corrected chi connectivity index (χ0v) is 14.0. The van der Waals surface area contributed by atoms with Gasteiger partial charge in [0, 0.05) is 12.1 Å². The molecule has 0 fully saturated rings. The summed E-state index contributed by atoms with van der Waals surface area (Å²) >= 11 is 0. The Kier molecular flexibility index (Phi) is 6.09. The fourth-order valence-electron chi connectivity index (χ4n) is 1.77. The van der Waals surface area contributed by atoms with Crippen LogP contribution in [-0.4, -0.2) is 32.9 Å². The van der Waals surface area contributed by atoms with Crippen LogP contribution in [0.2, 0.25) is 0 Å². The van der Waals surface area contributed by atoms with Crippen LogP contribution in [0.25, 0.3) is 0 Å². The van der Waals surface area contributed by atoms with Gasteiger partial charge in [-0.2, -0.15) is 0 Å². The van der Waals surface area contributed by atoms with E-state index in [1.807, 2.05) is 19.1 Å². The molecule has 0 aromatic heterocycles. The number of rotatable bonds is 7. The molecule has 0 aliphatic rings. The third-order valence-corrected chi connectivity index (χ3v) is 2.89. The van der Waals surface area contributed by atoms with Gasteiger partial charge >= 0.3 is 0 Å². The summed E-state index contributed by atoms with van der Waals surface area (Å²) in [6.45, 7) is 13.5. The topological polar surface area (TPSA) is 39.7 Å². The molecule has 0 radical (unpaired) electrons. The summed E-state index contributed by atoms with van der Waals surface area (Å²) in [5.41, 5.74) is 2.08. The molecule has 0 heterocycles. The summed E-state index contributed by atoms with van der Waals surface area (Å²) in [5, 5.41) is 3.38. The molecule has 1 aromatic carbocycles. The van der Waals surface area contributed by atoms with Crippen LogP contribution < -0.4 is 19.5 Å². The van der Waals surface area contributed by atoms with Crippen molar-refractivity contribution in [3.8, 4) is 17.2 Å². The molecular weight excluding hydrogens is 266 g/mol. The third kappa shape index (κ3) is 5.68. The quantitative estimate of drug-likeness (QED) is 0.783. The Bertz CT molecular complexity index is 464. The summed E-state index contributed by atoms with van der Waals surface area (Å²) in [6.07, 6.45) is 0. The Hall–Kier alpha value is -1.68. The molecule has 0 bridgehead atoms. The number of hydrogen-bond acceptors (Lipinski definition) is 4. The second kappa shape index (κ2) is 7.36. The Morgan fingerprint density at radius 2 is 1.67 bits per heavy atom. The standard InChI is InChI=1S/C17H27NO3/c1-12-8-14(19-6)16(15(9-12)20-7)21-11-13(2)10-18-17(3,4)5/h8-9,18H,2,10-11H2,1,3-7H3. The minimum atomic E-state index is 0.0577. The molecular formula is C17H27NO3. The number of nitrogens with one attached hydrogen (secondary N) is 1. The Morgan fingerprint density at radius 1 is 1.14 bits per heavy atom. The van der Waals surface area contributed by atoms with E-state index in [2.05, 4.69) is 32.7 Å². The maximum atomic E-state index is 5.84. The fourth-order valence-corrected chi connectivity index (χ4v) is 1.77. The number of ether oxygens (including phenoxy) is 3. The molecule has 0 aliphatic heterocycles. The van der Waals surface area contributed by atoms with Gasteiger partial charge in [0.1, 0.15) is 6.61 Å². The average molecular weight is 293 g/mol. The van der Waals surface area contributed by atoms with E-state index in [-0.39, 0.29) is 5.54 Å². The van der Waals surface area contributed by atoms with E-state index in [9.17, 15) is 0 Å². The molecule has 118 valence electrons. The van der Waals surface area contributed by atoms with Crippen molar-refractivity contribution in [3.63, 3.8) is 0 Å². The van der Waals surface area contributed by atoms with Crippen LogP contribution in [-0.2, 0) is 0 Å². The van der Waals surface area contributed by atoms with Crippen molar-refractivity contribution < 1.29 is 14.2 Å². The zero-order valence-electron chi connectivity index (χ0n) is 14.0. The van der Waals surface area contributed by atoms with Gasteiger partial charge in [-0.05, 0) is 51.0 Å². The maximum Gasteiger partial charge on any atom is 0.203 e. The number of aryl methyl sites for hydroxylation is 1. The minimum Gasteiger partial charge on any atom is -0.493 e. The smallest absolute Gasteiger partial charge is 0.203 e. The lowest BCUT2D eigenvalue weighted by Crippen LogP contribution is -2.37. The molecule has 4 nitrogen and oxygen atoms in total. The van der Waals surface area contributed by atoms with Crippen LogP contribution in [0.1, 0.15) is 26.3 Å². The first-order chi connectivity index (χ1) is 9.76. The molecule has 0 aliphatic carbocycles. The van der Waals surface area contributed by atoms with Crippen molar-refractivity contribution in [2.24, 2.45) is 0 Å². The van der Waals surface area contributed by atoms with Crippen LogP contribution in [0.5, 0.6) is 17.2 Å². The van der Waals surface area contributed by atoms with Crippen LogP contribution in [0.4, 0.5) is 0 Å². The van der Waals surface area contributed by atoms with Crippen LogP contribution in [0, 0.1) is 6.92 Å². The fraction of sp³-hybridized carbons (Fsp3) is 0.529. The normalized spacial score (nSPS) is 11.1. The van der Waals surface area contributed by atoms with E-state index < -0.39 is 0 Å². The van der Waals surface area contributed by atoms with Crippen molar-refractivity contribution in [1.82, 2.24) is 5.32 Å². The highest BCUT2D eigenvalue weighted by atomic mass is 16.5. The van der Waals surface area contributed by atoms with Crippen LogP contribution in [0.15, 0.2) is 24.3 Å². The molecule has 0 amide bonds. The molecule has 1 aromatic rings. The highest BCUT2D eigenvalue weighted by Crippen LogP contribution is 2.38. The third-order valence-electron chi connectivity index (χ3n) is 2.89. The summed E-state index contributed by atoms with van der Waals surface area (Å²) in [4.78, 5) is 0. The second-order valence-corrected chi connectivity index (χ2v) is 6.14. The van der Waals surface area contributed by atoms with Crippen molar-refractivity contribution in [1.29, 1.82) is 0 Å². The van der Waals surface area contributed by atoms with E-state index in [1.165, 1.54) is 0 Å². The molecule has 0 spiro atoms. The first-order valence-electron chi connectivity index (χ1n) is 7.04. The van der Waals surface area contributed by atoms with Gasteiger partial charge in [-0.1, -0.05) is 6.58 Å². The average Bonchev–Trinajstić information content (AvgIpc) is 2.41. The molecule has 0 atom stereocenters. The van der Waals surface area contributed by atoms with Crippen molar-refractivity contribution in [2.75, 3.05) is 27.4 Å². The van der Waals surface area contributed by atoms with E-state index in [0.29, 0.717) is 30.4 Å². The predicted octanol–water partition coefficient (Wildman–Crippen LogP) is 3.34. The monoisotopic (exact) mass is 293 g/mol. The maximum absolute atomic E-state index is 5.84. The van der Waals surface area contributed by atoms with E-state index >= 15 is 0 Å². The summed E-state index contributed by atoms with van der Waals surface area (Å²) < 4.78 is 16.6. The molecule has 1 rings (SSSR count). The van der Waals surface area contributed by atoms with E-state index in [4.69, 9.17) is 14.2 Å². The summed E-state index contributed by atoms with van der Waals surface area (Å²) in [7, 11) is 3.24. The molecule has 4 heteroatoms. The van der Waals surface area contributed by atoms with Gasteiger partial charge in [0.25, 0.3) is 0 Å².